The third kappa shape index (κ3) is 2.16. The molecule has 2 unspecified atom stereocenters. The Hall–Kier alpha value is -0.220. The van der Waals surface area contributed by atoms with Crippen molar-refractivity contribution in [2.75, 3.05) is 18.6 Å². The van der Waals surface area contributed by atoms with Crippen LogP contribution in [-0.4, -0.2) is 40.9 Å². The second-order valence-corrected chi connectivity index (χ2v) is 6.14. The highest BCUT2D eigenvalue weighted by atomic mass is 32.2. The van der Waals surface area contributed by atoms with E-state index >= 15 is 0 Å². The minimum atomic E-state index is -0.623. The van der Waals surface area contributed by atoms with Crippen molar-refractivity contribution in [1.82, 2.24) is 4.90 Å². The van der Waals surface area contributed by atoms with Crippen molar-refractivity contribution >= 4 is 17.7 Å². The Morgan fingerprint density at radius 3 is 2.60 bits per heavy atom. The largest absolute Gasteiger partial charge is 0.340 e. The van der Waals surface area contributed by atoms with Gasteiger partial charge in [-0.15, -0.1) is 0 Å². The first-order chi connectivity index (χ1) is 7.03. The summed E-state index contributed by atoms with van der Waals surface area (Å²) in [7, 11) is 1.91. The zero-order valence-electron chi connectivity index (χ0n) is 9.53. The van der Waals surface area contributed by atoms with Crippen LogP contribution in [0.15, 0.2) is 0 Å². The minimum Gasteiger partial charge on any atom is -0.340 e. The number of carbonyl (C=O) groups is 1. The van der Waals surface area contributed by atoms with Gasteiger partial charge in [-0.25, -0.2) is 0 Å². The summed E-state index contributed by atoms with van der Waals surface area (Å²) in [6.45, 7) is 1.89. The molecule has 0 radical (unpaired) electrons. The number of nitrogens with zero attached hydrogens (tertiary/aromatic N) is 1. The van der Waals surface area contributed by atoms with Gasteiger partial charge in [-0.1, -0.05) is 0 Å². The highest BCUT2D eigenvalue weighted by Crippen LogP contribution is 2.39. The topological polar surface area (TPSA) is 46.3 Å². The molecule has 1 aliphatic heterocycles. The molecule has 15 heavy (non-hydrogen) atoms. The fourth-order valence-electron chi connectivity index (χ4n) is 2.23. The lowest BCUT2D eigenvalue weighted by Crippen LogP contribution is -2.56. The number of carbonyl (C=O) groups excluding carboxylic acids is 1. The van der Waals surface area contributed by atoms with E-state index in [1.165, 1.54) is 5.75 Å². The SMILES string of the molecule is CN(C(=O)C(C)(N)C1CC1)C1CCSC1. The fourth-order valence-corrected chi connectivity index (χ4v) is 3.50. The molecule has 2 atom stereocenters. The zero-order chi connectivity index (χ0) is 11.1. The first-order valence-corrected chi connectivity index (χ1v) is 6.83. The summed E-state index contributed by atoms with van der Waals surface area (Å²) in [5, 5.41) is 0. The Bertz CT molecular complexity index is 257. The van der Waals surface area contributed by atoms with E-state index in [1.807, 2.05) is 30.6 Å². The number of thioether (sulfide) groups is 1. The molecule has 1 heterocycles. The first-order valence-electron chi connectivity index (χ1n) is 5.67. The van der Waals surface area contributed by atoms with Crippen LogP contribution in [0.1, 0.15) is 26.2 Å². The number of nitrogens with two attached hydrogens (primary N) is 1. The van der Waals surface area contributed by atoms with Gasteiger partial charge in [0.1, 0.15) is 0 Å². The van der Waals surface area contributed by atoms with Crippen LogP contribution in [0.3, 0.4) is 0 Å². The summed E-state index contributed by atoms with van der Waals surface area (Å²) < 4.78 is 0. The molecule has 0 aromatic rings. The standard InChI is InChI=1S/C11H20N2OS/c1-11(12,8-3-4-8)10(14)13(2)9-5-6-15-7-9/h8-9H,3-7,12H2,1-2H3. The van der Waals surface area contributed by atoms with Crippen molar-refractivity contribution in [1.29, 1.82) is 0 Å². The highest BCUT2D eigenvalue weighted by Gasteiger charge is 2.46. The van der Waals surface area contributed by atoms with Gasteiger partial charge < -0.3 is 10.6 Å². The molecule has 1 saturated heterocycles. The van der Waals surface area contributed by atoms with Gasteiger partial charge in [0.05, 0.1) is 5.54 Å². The number of likely N-dealkylation sites (N-methyl/N-ethyl adjacent to an activating group) is 1. The Balaban J connectivity index is 1.99. The quantitative estimate of drug-likeness (QED) is 0.786. The van der Waals surface area contributed by atoms with E-state index < -0.39 is 5.54 Å². The summed E-state index contributed by atoms with van der Waals surface area (Å²) in [6, 6.07) is 0.407. The van der Waals surface area contributed by atoms with Crippen LogP contribution >= 0.6 is 11.8 Å². The molecule has 1 aliphatic carbocycles. The molecule has 0 aromatic carbocycles. The second kappa shape index (κ2) is 3.98. The summed E-state index contributed by atoms with van der Waals surface area (Å²) in [4.78, 5) is 14.1. The van der Waals surface area contributed by atoms with Crippen LogP contribution in [0.5, 0.6) is 0 Å². The average Bonchev–Trinajstić information content (AvgIpc) is 2.93. The lowest BCUT2D eigenvalue weighted by Gasteiger charge is -2.32. The first kappa shape index (κ1) is 11.3. The van der Waals surface area contributed by atoms with E-state index in [2.05, 4.69) is 0 Å². The van der Waals surface area contributed by atoms with Crippen molar-refractivity contribution < 1.29 is 4.79 Å². The Morgan fingerprint density at radius 1 is 1.47 bits per heavy atom. The molecule has 86 valence electrons. The monoisotopic (exact) mass is 228 g/mol. The number of rotatable bonds is 3. The van der Waals surface area contributed by atoms with Gasteiger partial charge in [0, 0.05) is 18.8 Å². The second-order valence-electron chi connectivity index (χ2n) is 4.99. The highest BCUT2D eigenvalue weighted by molar-refractivity contribution is 7.99. The molecule has 1 saturated carbocycles. The molecule has 2 rings (SSSR count). The lowest BCUT2D eigenvalue weighted by atomic mass is 9.95. The predicted octanol–water partition coefficient (Wildman–Crippen LogP) is 1.08. The van der Waals surface area contributed by atoms with Gasteiger partial charge in [-0.2, -0.15) is 11.8 Å². The van der Waals surface area contributed by atoms with Crippen LogP contribution in [0, 0.1) is 5.92 Å². The van der Waals surface area contributed by atoms with Crippen molar-refractivity contribution in [3.05, 3.63) is 0 Å². The molecule has 3 nitrogen and oxygen atoms in total. The summed E-state index contributed by atoms with van der Waals surface area (Å²) in [5.74, 6) is 2.80. The van der Waals surface area contributed by atoms with Crippen LogP contribution in [0.25, 0.3) is 0 Å². The van der Waals surface area contributed by atoms with E-state index in [4.69, 9.17) is 5.73 Å². The van der Waals surface area contributed by atoms with Crippen LogP contribution < -0.4 is 5.73 Å². The van der Waals surface area contributed by atoms with E-state index in [-0.39, 0.29) is 5.91 Å². The summed E-state index contributed by atoms with van der Waals surface area (Å²) >= 11 is 1.93. The van der Waals surface area contributed by atoms with E-state index in [0.717, 1.165) is 25.0 Å². The molecule has 2 fully saturated rings. The van der Waals surface area contributed by atoms with Gasteiger partial charge in [-0.3, -0.25) is 4.79 Å². The van der Waals surface area contributed by atoms with Gasteiger partial charge >= 0.3 is 0 Å². The third-order valence-electron chi connectivity index (χ3n) is 3.66. The number of amides is 1. The van der Waals surface area contributed by atoms with Crippen molar-refractivity contribution in [2.45, 2.75) is 37.8 Å². The van der Waals surface area contributed by atoms with Crippen LogP contribution in [0.4, 0.5) is 0 Å². The molecule has 0 spiro atoms. The van der Waals surface area contributed by atoms with Gasteiger partial charge in [0.15, 0.2) is 0 Å². The third-order valence-corrected chi connectivity index (χ3v) is 4.80. The number of hydrogen-bond donors (Lipinski definition) is 1. The molecular weight excluding hydrogens is 208 g/mol. The molecule has 2 N–H and O–H groups in total. The Morgan fingerprint density at radius 2 is 2.13 bits per heavy atom. The maximum atomic E-state index is 12.2. The minimum absolute atomic E-state index is 0.137. The summed E-state index contributed by atoms with van der Waals surface area (Å²) in [5.41, 5.74) is 5.51. The van der Waals surface area contributed by atoms with E-state index in [0.29, 0.717) is 12.0 Å². The van der Waals surface area contributed by atoms with Gasteiger partial charge in [0.25, 0.3) is 0 Å². The Labute approximate surface area is 95.8 Å². The lowest BCUT2D eigenvalue weighted by molar-refractivity contribution is -0.137. The average molecular weight is 228 g/mol. The number of hydrogen-bond acceptors (Lipinski definition) is 3. The smallest absolute Gasteiger partial charge is 0.242 e. The maximum Gasteiger partial charge on any atom is 0.242 e. The van der Waals surface area contributed by atoms with Gasteiger partial charge in [-0.05, 0) is 37.9 Å². The van der Waals surface area contributed by atoms with E-state index in [1.54, 1.807) is 0 Å². The molecule has 1 amide bonds. The fraction of sp³-hybridized carbons (Fsp3) is 0.909. The van der Waals surface area contributed by atoms with Gasteiger partial charge in [0.2, 0.25) is 5.91 Å². The van der Waals surface area contributed by atoms with Crippen molar-refractivity contribution in [3.63, 3.8) is 0 Å². The zero-order valence-corrected chi connectivity index (χ0v) is 10.3. The summed E-state index contributed by atoms with van der Waals surface area (Å²) in [6.07, 6.45) is 3.35. The molecule has 4 heteroatoms. The molecule has 0 bridgehead atoms. The van der Waals surface area contributed by atoms with Crippen LogP contribution in [0.2, 0.25) is 0 Å². The normalized spacial score (nSPS) is 29.9. The van der Waals surface area contributed by atoms with E-state index in [9.17, 15) is 4.79 Å². The predicted molar refractivity (Wildman–Crippen MR) is 63.8 cm³/mol. The maximum absolute atomic E-state index is 12.2. The van der Waals surface area contributed by atoms with Crippen molar-refractivity contribution in [2.24, 2.45) is 11.7 Å². The molecule has 2 aliphatic rings. The Kier molecular flexibility index (Phi) is 2.99. The molecule has 0 aromatic heterocycles. The molecular formula is C11H20N2OS. The van der Waals surface area contributed by atoms with Crippen LogP contribution in [-0.2, 0) is 4.79 Å². The van der Waals surface area contributed by atoms with Crippen molar-refractivity contribution in [3.8, 4) is 0 Å².